The second kappa shape index (κ2) is 8.57. The van der Waals surface area contributed by atoms with Gasteiger partial charge in [-0.1, -0.05) is 23.2 Å². The van der Waals surface area contributed by atoms with Crippen LogP contribution in [0.5, 0.6) is 0 Å². The minimum absolute atomic E-state index is 0.0195. The lowest BCUT2D eigenvalue weighted by Crippen LogP contribution is -2.21. The number of carboxylic acids is 2. The Balaban J connectivity index is 1.66. The number of halogens is 2. The van der Waals surface area contributed by atoms with Crippen LogP contribution in [-0.4, -0.2) is 33.8 Å². The summed E-state index contributed by atoms with van der Waals surface area (Å²) < 4.78 is 5.76. The maximum atomic E-state index is 13.0. The van der Waals surface area contributed by atoms with E-state index in [9.17, 15) is 24.6 Å². The van der Waals surface area contributed by atoms with Gasteiger partial charge in [-0.2, -0.15) is 10.1 Å². The molecule has 2 heterocycles. The van der Waals surface area contributed by atoms with Crippen LogP contribution in [0.3, 0.4) is 0 Å². The predicted molar refractivity (Wildman–Crippen MR) is 123 cm³/mol. The van der Waals surface area contributed by atoms with Crippen LogP contribution in [0, 0.1) is 0 Å². The highest BCUT2D eigenvalue weighted by atomic mass is 35.5. The van der Waals surface area contributed by atoms with Crippen LogP contribution >= 0.6 is 23.2 Å². The fraction of sp³-hybridized carbons (Fsp3) is 0.0435. The number of carboxylic acid groups (broad SMARTS) is 2. The van der Waals surface area contributed by atoms with Crippen molar-refractivity contribution in [3.63, 3.8) is 0 Å². The van der Waals surface area contributed by atoms with Crippen LogP contribution in [0.2, 0.25) is 10.0 Å². The van der Waals surface area contributed by atoms with Crippen molar-refractivity contribution >= 4 is 58.5 Å². The topological polar surface area (TPSA) is 120 Å². The van der Waals surface area contributed by atoms with E-state index in [0.717, 1.165) is 5.01 Å². The molecule has 0 radical (unpaired) electrons. The molecule has 166 valence electrons. The van der Waals surface area contributed by atoms with Crippen molar-refractivity contribution in [3.05, 3.63) is 81.0 Å². The van der Waals surface area contributed by atoms with E-state index in [4.69, 9.17) is 27.6 Å². The maximum absolute atomic E-state index is 13.0. The molecule has 1 aromatic heterocycles. The summed E-state index contributed by atoms with van der Waals surface area (Å²) >= 11 is 11.8. The summed E-state index contributed by atoms with van der Waals surface area (Å²) in [5.41, 5.74) is 1.04. The summed E-state index contributed by atoms with van der Waals surface area (Å²) in [6.07, 6.45) is 1.48. The third-order valence-corrected chi connectivity index (χ3v) is 5.44. The van der Waals surface area contributed by atoms with Gasteiger partial charge >= 0.3 is 11.9 Å². The van der Waals surface area contributed by atoms with Gasteiger partial charge in [0.15, 0.2) is 0 Å². The van der Waals surface area contributed by atoms with Gasteiger partial charge in [-0.25, -0.2) is 9.59 Å². The largest absolute Gasteiger partial charge is 0.478 e. The summed E-state index contributed by atoms with van der Waals surface area (Å²) in [5, 5.41) is 24.3. The fourth-order valence-corrected chi connectivity index (χ4v) is 3.66. The van der Waals surface area contributed by atoms with Gasteiger partial charge in [0.05, 0.1) is 33.1 Å². The van der Waals surface area contributed by atoms with Crippen LogP contribution in [0.25, 0.3) is 17.4 Å². The monoisotopic (exact) mass is 484 g/mol. The van der Waals surface area contributed by atoms with E-state index in [1.165, 1.54) is 36.4 Å². The molecule has 0 saturated heterocycles. The van der Waals surface area contributed by atoms with E-state index in [-0.39, 0.29) is 38.2 Å². The van der Waals surface area contributed by atoms with Gasteiger partial charge < -0.3 is 14.6 Å². The average molecular weight is 485 g/mol. The van der Waals surface area contributed by atoms with Crippen LogP contribution in [-0.2, 0) is 4.79 Å². The Morgan fingerprint density at radius 2 is 1.73 bits per heavy atom. The Labute approximate surface area is 197 Å². The van der Waals surface area contributed by atoms with Gasteiger partial charge in [-0.3, -0.25) is 4.79 Å². The second-order valence-corrected chi connectivity index (χ2v) is 7.87. The molecular weight excluding hydrogens is 471 g/mol. The number of carbonyl (C=O) groups is 3. The number of nitrogens with zero attached hydrogens (tertiary/aromatic N) is 2. The van der Waals surface area contributed by atoms with Crippen LogP contribution < -0.4 is 5.01 Å². The van der Waals surface area contributed by atoms with E-state index in [2.05, 4.69) is 5.10 Å². The minimum Gasteiger partial charge on any atom is -0.478 e. The maximum Gasteiger partial charge on any atom is 0.337 e. The van der Waals surface area contributed by atoms with Gasteiger partial charge in [-0.05, 0) is 61.5 Å². The summed E-state index contributed by atoms with van der Waals surface area (Å²) in [7, 11) is 0. The lowest BCUT2D eigenvalue weighted by Gasteiger charge is -2.12. The van der Waals surface area contributed by atoms with Crippen molar-refractivity contribution in [1.29, 1.82) is 0 Å². The molecule has 0 saturated carbocycles. The summed E-state index contributed by atoms with van der Waals surface area (Å²) in [6.45, 7) is 1.63. The number of furan rings is 1. The first-order valence-corrected chi connectivity index (χ1v) is 10.2. The molecule has 8 nitrogen and oxygen atoms in total. The molecular formula is C23H14Cl2N2O6. The van der Waals surface area contributed by atoms with E-state index in [1.807, 2.05) is 0 Å². The zero-order chi connectivity index (χ0) is 23.9. The van der Waals surface area contributed by atoms with Crippen LogP contribution in [0.1, 0.15) is 33.4 Å². The number of rotatable bonds is 5. The Hall–Kier alpha value is -3.88. The molecule has 0 fully saturated rings. The highest BCUT2D eigenvalue weighted by molar-refractivity contribution is 6.34. The summed E-state index contributed by atoms with van der Waals surface area (Å²) in [4.78, 5) is 35.9. The van der Waals surface area contributed by atoms with Crippen molar-refractivity contribution in [2.75, 3.05) is 5.01 Å². The number of anilines is 1. The minimum atomic E-state index is -1.23. The van der Waals surface area contributed by atoms with Crippen LogP contribution in [0.4, 0.5) is 5.69 Å². The number of amides is 1. The van der Waals surface area contributed by atoms with Crippen molar-refractivity contribution < 1.29 is 29.0 Å². The van der Waals surface area contributed by atoms with Crippen molar-refractivity contribution in [3.8, 4) is 11.3 Å². The predicted octanol–water partition coefficient (Wildman–Crippen LogP) is 5.46. The van der Waals surface area contributed by atoms with Gasteiger partial charge in [0.2, 0.25) is 0 Å². The molecule has 1 amide bonds. The summed E-state index contributed by atoms with van der Waals surface area (Å²) in [6, 6.07) is 11.7. The molecule has 2 N–H and O–H groups in total. The molecule has 0 unspecified atom stereocenters. The standard InChI is InChI=1S/C23H14Cl2N2O6/c1-11-16(21(28)27(26-11)13-3-6-19(25)18(9-13)23(31)32)10-14-4-7-20(33-14)15-5-2-12(24)8-17(15)22(29)30/h2-10H,1H3,(H,29,30)(H,31,32)/b16-10+. The first-order valence-electron chi connectivity index (χ1n) is 9.43. The Bertz CT molecular complexity index is 1390. The quantitative estimate of drug-likeness (QED) is 0.464. The molecule has 3 aromatic rings. The second-order valence-electron chi connectivity index (χ2n) is 7.03. The molecule has 2 aromatic carbocycles. The lowest BCUT2D eigenvalue weighted by molar-refractivity contribution is -0.114. The molecule has 1 aliphatic rings. The van der Waals surface area contributed by atoms with Crippen LogP contribution in [0.15, 0.2) is 63.6 Å². The highest BCUT2D eigenvalue weighted by Gasteiger charge is 2.30. The number of benzene rings is 2. The molecule has 0 atom stereocenters. The molecule has 0 bridgehead atoms. The number of carbonyl (C=O) groups excluding carboxylic acids is 1. The van der Waals surface area contributed by atoms with E-state index in [0.29, 0.717) is 17.0 Å². The van der Waals surface area contributed by atoms with Gasteiger partial charge in [0.1, 0.15) is 11.5 Å². The third-order valence-electron chi connectivity index (χ3n) is 4.88. The first-order chi connectivity index (χ1) is 15.7. The van der Waals surface area contributed by atoms with Gasteiger partial charge in [-0.15, -0.1) is 0 Å². The average Bonchev–Trinajstić information content (AvgIpc) is 3.34. The first kappa shape index (κ1) is 22.3. The zero-order valence-corrected chi connectivity index (χ0v) is 18.4. The molecule has 4 rings (SSSR count). The Kier molecular flexibility index (Phi) is 5.80. The molecule has 0 spiro atoms. The third kappa shape index (κ3) is 4.26. The SMILES string of the molecule is CC1=NN(c2ccc(Cl)c(C(=O)O)c2)C(=O)/C1=C/c1ccc(-c2ccc(Cl)cc2C(=O)O)o1. The van der Waals surface area contributed by atoms with E-state index >= 15 is 0 Å². The fourth-order valence-electron chi connectivity index (χ4n) is 3.29. The zero-order valence-electron chi connectivity index (χ0n) is 16.9. The molecule has 0 aliphatic carbocycles. The number of hydrogen-bond donors (Lipinski definition) is 2. The van der Waals surface area contributed by atoms with Crippen molar-refractivity contribution in [2.24, 2.45) is 5.10 Å². The van der Waals surface area contributed by atoms with Crippen molar-refractivity contribution in [1.82, 2.24) is 0 Å². The Morgan fingerprint density at radius 1 is 1.00 bits per heavy atom. The molecule has 10 heteroatoms. The smallest absolute Gasteiger partial charge is 0.337 e. The number of hydrogen-bond acceptors (Lipinski definition) is 5. The highest BCUT2D eigenvalue weighted by Crippen LogP contribution is 2.31. The van der Waals surface area contributed by atoms with Crippen molar-refractivity contribution in [2.45, 2.75) is 6.92 Å². The Morgan fingerprint density at radius 3 is 2.42 bits per heavy atom. The lowest BCUT2D eigenvalue weighted by atomic mass is 10.1. The van der Waals surface area contributed by atoms with Gasteiger partial charge in [0.25, 0.3) is 5.91 Å². The van der Waals surface area contributed by atoms with Gasteiger partial charge in [0, 0.05) is 10.6 Å². The molecule has 1 aliphatic heterocycles. The van der Waals surface area contributed by atoms with E-state index < -0.39 is 17.8 Å². The molecule has 33 heavy (non-hydrogen) atoms. The normalized spacial score (nSPS) is 14.6. The van der Waals surface area contributed by atoms with E-state index in [1.54, 1.807) is 25.1 Å². The summed E-state index contributed by atoms with van der Waals surface area (Å²) in [5.74, 6) is -2.27. The number of aromatic carboxylic acids is 2. The number of hydrazone groups is 1.